The van der Waals surface area contributed by atoms with Crippen LogP contribution in [-0.4, -0.2) is 18.8 Å². The summed E-state index contributed by atoms with van der Waals surface area (Å²) in [7, 11) is 1.67. The van der Waals surface area contributed by atoms with Crippen LogP contribution in [-0.2, 0) is 0 Å². The van der Waals surface area contributed by atoms with E-state index in [9.17, 15) is 0 Å². The zero-order valence-corrected chi connectivity index (χ0v) is 8.94. The van der Waals surface area contributed by atoms with Crippen LogP contribution in [0.15, 0.2) is 30.3 Å². The van der Waals surface area contributed by atoms with Gasteiger partial charge in [0.2, 0.25) is 0 Å². The molecule has 0 heterocycles. The number of benzene rings is 1. The van der Waals surface area contributed by atoms with Crippen LogP contribution in [0.1, 0.15) is 18.4 Å². The Morgan fingerprint density at radius 1 is 1.40 bits per heavy atom. The Hall–Kier alpha value is -1.28. The van der Waals surface area contributed by atoms with Gasteiger partial charge in [-0.3, -0.25) is 0 Å². The molecule has 1 aromatic rings. The Morgan fingerprint density at radius 2 is 2.07 bits per heavy atom. The highest BCUT2D eigenvalue weighted by Gasteiger charge is 2.26. The monoisotopic (exact) mass is 204 g/mol. The first-order chi connectivity index (χ1) is 7.35. The Morgan fingerprint density at radius 3 is 2.53 bits per heavy atom. The molecule has 2 nitrogen and oxygen atoms in total. The molecule has 1 saturated carbocycles. The molecule has 0 aliphatic heterocycles. The minimum absolute atomic E-state index is 0.123. The molecule has 0 radical (unpaired) electrons. The fourth-order valence-electron chi connectivity index (χ4n) is 1.80. The van der Waals surface area contributed by atoms with Crippen molar-refractivity contribution in [2.75, 3.05) is 13.7 Å². The number of hydrogen-bond acceptors (Lipinski definition) is 2. The Balaban J connectivity index is 2.22. The molecule has 1 aliphatic rings. The van der Waals surface area contributed by atoms with Gasteiger partial charge in [0.25, 0.3) is 0 Å². The van der Waals surface area contributed by atoms with Gasteiger partial charge in [0, 0.05) is 0 Å². The molecule has 0 aromatic heterocycles. The molecule has 80 valence electrons. The van der Waals surface area contributed by atoms with E-state index >= 15 is 0 Å². The molecule has 2 heteroatoms. The van der Waals surface area contributed by atoms with Crippen LogP contribution in [0.4, 0.5) is 0 Å². The van der Waals surface area contributed by atoms with Gasteiger partial charge in [-0.1, -0.05) is 18.2 Å². The van der Waals surface area contributed by atoms with Crippen LogP contribution >= 0.6 is 0 Å². The summed E-state index contributed by atoms with van der Waals surface area (Å²) in [4.78, 5) is 0. The first-order valence-electron chi connectivity index (χ1n) is 5.30. The van der Waals surface area contributed by atoms with E-state index in [1.807, 2.05) is 18.2 Å². The van der Waals surface area contributed by atoms with Crippen LogP contribution in [0.3, 0.4) is 0 Å². The normalized spacial score (nSPS) is 16.5. The standard InChI is InChI=1S/C13H16O2/c1-15-12-6-4-11(5-7-12)13(8-9-14)10-2-3-10/h4-8,10,14H,2-3,9H2,1H3/b13-8-. The summed E-state index contributed by atoms with van der Waals surface area (Å²) >= 11 is 0. The first-order valence-corrected chi connectivity index (χ1v) is 5.30. The van der Waals surface area contributed by atoms with Crippen molar-refractivity contribution >= 4 is 5.57 Å². The lowest BCUT2D eigenvalue weighted by Gasteiger charge is -2.07. The van der Waals surface area contributed by atoms with Crippen molar-refractivity contribution in [1.82, 2.24) is 0 Å². The maximum Gasteiger partial charge on any atom is 0.118 e. The average molecular weight is 204 g/mol. The van der Waals surface area contributed by atoms with E-state index in [1.165, 1.54) is 24.0 Å². The van der Waals surface area contributed by atoms with E-state index < -0.39 is 0 Å². The van der Waals surface area contributed by atoms with Crippen LogP contribution < -0.4 is 4.74 Å². The van der Waals surface area contributed by atoms with Crippen LogP contribution in [0, 0.1) is 5.92 Å². The lowest BCUT2D eigenvalue weighted by Crippen LogP contribution is -1.90. The molecular weight excluding hydrogens is 188 g/mol. The third-order valence-corrected chi connectivity index (χ3v) is 2.75. The maximum atomic E-state index is 8.97. The van der Waals surface area contributed by atoms with Gasteiger partial charge in [-0.15, -0.1) is 0 Å². The Bertz CT molecular complexity index is 347. The largest absolute Gasteiger partial charge is 0.497 e. The average Bonchev–Trinajstić information content (AvgIpc) is 3.10. The summed E-state index contributed by atoms with van der Waals surface area (Å²) < 4.78 is 5.12. The van der Waals surface area contributed by atoms with E-state index in [-0.39, 0.29) is 6.61 Å². The topological polar surface area (TPSA) is 29.5 Å². The lowest BCUT2D eigenvalue weighted by atomic mass is 10.0. The van der Waals surface area contributed by atoms with Gasteiger partial charge in [0.15, 0.2) is 0 Å². The summed E-state index contributed by atoms with van der Waals surface area (Å²) in [5, 5.41) is 8.97. The molecule has 1 aliphatic carbocycles. The smallest absolute Gasteiger partial charge is 0.118 e. The zero-order chi connectivity index (χ0) is 10.7. The molecule has 0 saturated heterocycles. The predicted molar refractivity (Wildman–Crippen MR) is 60.8 cm³/mol. The molecular formula is C13H16O2. The highest BCUT2D eigenvalue weighted by Crippen LogP contribution is 2.41. The van der Waals surface area contributed by atoms with Gasteiger partial charge in [-0.05, 0) is 42.0 Å². The van der Waals surface area contributed by atoms with Gasteiger partial charge in [0.1, 0.15) is 5.75 Å². The minimum Gasteiger partial charge on any atom is -0.497 e. The van der Waals surface area contributed by atoms with Crippen molar-refractivity contribution in [2.24, 2.45) is 5.92 Å². The number of methoxy groups -OCH3 is 1. The summed E-state index contributed by atoms with van der Waals surface area (Å²) in [5.41, 5.74) is 2.48. The van der Waals surface area contributed by atoms with Crippen molar-refractivity contribution in [2.45, 2.75) is 12.8 Å². The second-order valence-electron chi connectivity index (χ2n) is 3.84. The highest BCUT2D eigenvalue weighted by molar-refractivity contribution is 5.69. The minimum atomic E-state index is 0.123. The molecule has 0 spiro atoms. The second kappa shape index (κ2) is 4.49. The van der Waals surface area contributed by atoms with Crippen molar-refractivity contribution in [3.63, 3.8) is 0 Å². The van der Waals surface area contributed by atoms with Gasteiger partial charge >= 0.3 is 0 Å². The van der Waals surface area contributed by atoms with E-state index in [2.05, 4.69) is 12.1 Å². The molecule has 2 rings (SSSR count). The van der Waals surface area contributed by atoms with E-state index in [0.29, 0.717) is 5.92 Å². The first kappa shape index (κ1) is 10.2. The Kier molecular flexibility index (Phi) is 3.07. The van der Waals surface area contributed by atoms with E-state index in [1.54, 1.807) is 7.11 Å². The number of aliphatic hydroxyl groups is 1. The fraction of sp³-hybridized carbons (Fsp3) is 0.385. The molecule has 1 aromatic carbocycles. The SMILES string of the molecule is COc1ccc(/C(=C\CO)C2CC2)cc1. The van der Waals surface area contributed by atoms with Gasteiger partial charge in [-0.25, -0.2) is 0 Å². The van der Waals surface area contributed by atoms with Crippen molar-refractivity contribution in [1.29, 1.82) is 0 Å². The summed E-state index contributed by atoms with van der Waals surface area (Å²) in [6, 6.07) is 8.03. The third kappa shape index (κ3) is 2.39. The maximum absolute atomic E-state index is 8.97. The van der Waals surface area contributed by atoms with Gasteiger partial charge in [-0.2, -0.15) is 0 Å². The predicted octanol–water partition coefficient (Wildman–Crippen LogP) is 2.48. The fourth-order valence-corrected chi connectivity index (χ4v) is 1.80. The van der Waals surface area contributed by atoms with Crippen molar-refractivity contribution in [3.8, 4) is 5.75 Å². The molecule has 0 amide bonds. The number of rotatable bonds is 4. The molecule has 0 bridgehead atoms. The van der Waals surface area contributed by atoms with Crippen molar-refractivity contribution in [3.05, 3.63) is 35.9 Å². The van der Waals surface area contributed by atoms with Crippen molar-refractivity contribution < 1.29 is 9.84 Å². The second-order valence-corrected chi connectivity index (χ2v) is 3.84. The number of allylic oxidation sites excluding steroid dienone is 1. The summed E-state index contributed by atoms with van der Waals surface area (Å²) in [6.45, 7) is 0.123. The summed E-state index contributed by atoms with van der Waals surface area (Å²) in [6.07, 6.45) is 4.41. The third-order valence-electron chi connectivity index (χ3n) is 2.75. The quantitative estimate of drug-likeness (QED) is 0.816. The van der Waals surface area contributed by atoms with E-state index in [0.717, 1.165) is 5.75 Å². The van der Waals surface area contributed by atoms with Crippen LogP contribution in [0.25, 0.3) is 5.57 Å². The number of ether oxygens (including phenoxy) is 1. The Labute approximate surface area is 90.2 Å². The summed E-state index contributed by atoms with van der Waals surface area (Å²) in [5.74, 6) is 1.53. The highest BCUT2D eigenvalue weighted by atomic mass is 16.5. The van der Waals surface area contributed by atoms with Gasteiger partial charge < -0.3 is 9.84 Å². The van der Waals surface area contributed by atoms with Gasteiger partial charge in [0.05, 0.1) is 13.7 Å². The molecule has 1 fully saturated rings. The number of aliphatic hydroxyl groups excluding tert-OH is 1. The number of hydrogen-bond donors (Lipinski definition) is 1. The molecule has 0 atom stereocenters. The molecule has 15 heavy (non-hydrogen) atoms. The van der Waals surface area contributed by atoms with E-state index in [4.69, 9.17) is 9.84 Å². The zero-order valence-electron chi connectivity index (χ0n) is 8.94. The lowest BCUT2D eigenvalue weighted by molar-refractivity contribution is 0.343. The van der Waals surface area contributed by atoms with Crippen LogP contribution in [0.2, 0.25) is 0 Å². The van der Waals surface area contributed by atoms with Crippen LogP contribution in [0.5, 0.6) is 5.75 Å². The molecule has 1 N–H and O–H groups in total. The molecule has 0 unspecified atom stereocenters.